The molecular formula is C9H12FN2O5PS. The molecule has 1 aromatic heterocycles. The van der Waals surface area contributed by atoms with E-state index in [1.807, 2.05) is 0 Å². The Kier molecular flexibility index (Phi) is 4.77. The van der Waals surface area contributed by atoms with Crippen LogP contribution in [0, 0.1) is 10.5 Å². The van der Waals surface area contributed by atoms with Crippen molar-refractivity contribution in [3.8, 4) is 0 Å². The topological polar surface area (TPSA) is 96.7 Å². The zero-order valence-electron chi connectivity index (χ0n) is 9.65. The number of nitrogens with one attached hydrogen (secondary N) is 1. The van der Waals surface area contributed by atoms with Gasteiger partial charge in [-0.05, 0) is 12.8 Å². The van der Waals surface area contributed by atoms with Gasteiger partial charge in [-0.1, -0.05) is 12.2 Å². The standard InChI is InChI=1S/C9H12FN2O5PS/c10-6-3-12(9(13)11-8(6)19)7-2-1-5(17-7)4-16-18(14)15/h3,5,7,14-15H,1-2,4H2,(H,11,13,19). The molecule has 2 unspecified atom stereocenters. The van der Waals surface area contributed by atoms with E-state index in [-0.39, 0.29) is 17.4 Å². The first kappa shape index (κ1) is 14.7. The Hall–Kier alpha value is -0.700. The monoisotopic (exact) mass is 310 g/mol. The van der Waals surface area contributed by atoms with E-state index in [0.717, 1.165) is 10.8 Å². The third kappa shape index (κ3) is 3.65. The Balaban J connectivity index is 2.07. The second-order valence-electron chi connectivity index (χ2n) is 3.98. The van der Waals surface area contributed by atoms with Gasteiger partial charge in [-0.15, -0.1) is 0 Å². The average molecular weight is 310 g/mol. The highest BCUT2D eigenvalue weighted by molar-refractivity contribution is 7.71. The summed E-state index contributed by atoms with van der Waals surface area (Å²) < 4.78 is 24.3. The van der Waals surface area contributed by atoms with Gasteiger partial charge in [-0.3, -0.25) is 9.55 Å². The van der Waals surface area contributed by atoms with E-state index in [4.69, 9.17) is 14.5 Å². The van der Waals surface area contributed by atoms with Crippen LogP contribution in [0.4, 0.5) is 4.39 Å². The molecule has 10 heteroatoms. The summed E-state index contributed by atoms with van der Waals surface area (Å²) in [4.78, 5) is 31.1. The van der Waals surface area contributed by atoms with Gasteiger partial charge in [0.15, 0.2) is 5.82 Å². The van der Waals surface area contributed by atoms with Gasteiger partial charge in [-0.2, -0.15) is 0 Å². The Morgan fingerprint density at radius 1 is 1.63 bits per heavy atom. The third-order valence-electron chi connectivity index (χ3n) is 2.70. The maximum Gasteiger partial charge on any atom is 0.328 e. The smallest absolute Gasteiger partial charge is 0.328 e. The van der Waals surface area contributed by atoms with Gasteiger partial charge >= 0.3 is 14.3 Å². The summed E-state index contributed by atoms with van der Waals surface area (Å²) in [6.07, 6.45) is 1.07. The first-order valence-corrected chi connectivity index (χ1v) is 7.02. The fourth-order valence-electron chi connectivity index (χ4n) is 1.84. The Morgan fingerprint density at radius 3 is 3.05 bits per heavy atom. The third-order valence-corrected chi connectivity index (χ3v) is 3.37. The zero-order valence-corrected chi connectivity index (χ0v) is 11.4. The molecule has 0 aliphatic carbocycles. The van der Waals surface area contributed by atoms with Gasteiger partial charge in [0, 0.05) is 0 Å². The average Bonchev–Trinajstić information content (AvgIpc) is 2.80. The minimum absolute atomic E-state index is 0.00920. The summed E-state index contributed by atoms with van der Waals surface area (Å²) in [5, 5.41) is 0. The minimum atomic E-state index is -2.43. The van der Waals surface area contributed by atoms with Crippen LogP contribution in [0.15, 0.2) is 11.0 Å². The lowest BCUT2D eigenvalue weighted by molar-refractivity contribution is -0.0220. The largest absolute Gasteiger partial charge is 0.352 e. The maximum absolute atomic E-state index is 13.3. The van der Waals surface area contributed by atoms with E-state index in [0.29, 0.717) is 12.8 Å². The van der Waals surface area contributed by atoms with Crippen molar-refractivity contribution in [3.63, 3.8) is 0 Å². The van der Waals surface area contributed by atoms with Gasteiger partial charge in [0.25, 0.3) is 0 Å². The van der Waals surface area contributed by atoms with Crippen molar-refractivity contribution in [2.45, 2.75) is 25.2 Å². The van der Waals surface area contributed by atoms with Crippen molar-refractivity contribution in [2.75, 3.05) is 6.61 Å². The molecule has 1 fully saturated rings. The van der Waals surface area contributed by atoms with Crippen LogP contribution in [0.5, 0.6) is 0 Å². The highest BCUT2D eigenvalue weighted by Gasteiger charge is 2.28. The molecule has 0 amide bonds. The lowest BCUT2D eigenvalue weighted by atomic mass is 10.2. The van der Waals surface area contributed by atoms with Crippen LogP contribution in [0.25, 0.3) is 0 Å². The molecule has 1 aliphatic heterocycles. The molecule has 1 aromatic rings. The van der Waals surface area contributed by atoms with Crippen molar-refractivity contribution in [1.82, 2.24) is 9.55 Å². The summed E-state index contributed by atoms with van der Waals surface area (Å²) in [5.74, 6) is -0.702. The summed E-state index contributed by atoms with van der Waals surface area (Å²) in [7, 11) is -2.43. The van der Waals surface area contributed by atoms with Crippen LogP contribution in [0.1, 0.15) is 19.1 Å². The van der Waals surface area contributed by atoms with Crippen LogP contribution >= 0.6 is 20.8 Å². The quantitative estimate of drug-likeness (QED) is 0.566. The molecule has 3 N–H and O–H groups in total. The molecule has 106 valence electrons. The highest BCUT2D eigenvalue weighted by Crippen LogP contribution is 2.31. The van der Waals surface area contributed by atoms with Gasteiger partial charge in [0.2, 0.25) is 0 Å². The first-order chi connectivity index (χ1) is 8.97. The van der Waals surface area contributed by atoms with E-state index < -0.39 is 26.3 Å². The van der Waals surface area contributed by atoms with Crippen LogP contribution in [0.2, 0.25) is 0 Å². The molecular weight excluding hydrogens is 298 g/mol. The molecule has 1 saturated heterocycles. The van der Waals surface area contributed by atoms with E-state index in [1.165, 1.54) is 0 Å². The second-order valence-corrected chi connectivity index (χ2v) is 5.15. The number of H-pyrrole nitrogens is 1. The van der Waals surface area contributed by atoms with Crippen LogP contribution < -0.4 is 5.69 Å². The molecule has 0 bridgehead atoms. The van der Waals surface area contributed by atoms with E-state index >= 15 is 0 Å². The lowest BCUT2D eigenvalue weighted by Crippen LogP contribution is -2.28. The summed E-state index contributed by atoms with van der Waals surface area (Å²) >= 11 is 4.61. The van der Waals surface area contributed by atoms with E-state index in [1.54, 1.807) is 0 Å². The number of nitrogens with zero attached hydrogens (tertiary/aromatic N) is 1. The molecule has 0 aromatic carbocycles. The number of hydrogen-bond acceptors (Lipinski definition) is 6. The van der Waals surface area contributed by atoms with E-state index in [9.17, 15) is 9.18 Å². The number of aromatic nitrogens is 2. The number of hydrogen-bond donors (Lipinski definition) is 3. The highest BCUT2D eigenvalue weighted by atomic mass is 32.1. The second kappa shape index (κ2) is 6.17. The normalized spacial score (nSPS) is 23.2. The Morgan fingerprint density at radius 2 is 2.37 bits per heavy atom. The SMILES string of the molecule is O=c1[nH]c(=S)c(F)cn1C1CCC(COP(O)O)O1. The van der Waals surface area contributed by atoms with Crippen LogP contribution in [0.3, 0.4) is 0 Å². The Bertz CT molecular complexity index is 562. The molecule has 19 heavy (non-hydrogen) atoms. The van der Waals surface area contributed by atoms with Crippen LogP contribution in [-0.4, -0.2) is 32.0 Å². The molecule has 1 aliphatic rings. The molecule has 7 nitrogen and oxygen atoms in total. The predicted octanol–water partition coefficient (Wildman–Crippen LogP) is 0.951. The van der Waals surface area contributed by atoms with Crippen molar-refractivity contribution < 1.29 is 23.4 Å². The minimum Gasteiger partial charge on any atom is -0.352 e. The molecule has 2 atom stereocenters. The van der Waals surface area contributed by atoms with Gasteiger partial charge in [0.1, 0.15) is 10.9 Å². The van der Waals surface area contributed by atoms with Crippen LogP contribution in [-0.2, 0) is 9.26 Å². The molecule has 2 heterocycles. The van der Waals surface area contributed by atoms with Gasteiger partial charge in [-0.25, -0.2) is 9.18 Å². The fourth-order valence-corrected chi connectivity index (χ4v) is 2.28. The van der Waals surface area contributed by atoms with Crippen molar-refractivity contribution in [2.24, 2.45) is 0 Å². The fraction of sp³-hybridized carbons (Fsp3) is 0.556. The summed E-state index contributed by atoms with van der Waals surface area (Å²) in [6, 6.07) is 0. The Labute approximate surface area is 113 Å². The van der Waals surface area contributed by atoms with Gasteiger partial charge < -0.3 is 19.0 Å². The zero-order chi connectivity index (χ0) is 14.0. The molecule has 0 saturated carbocycles. The van der Waals surface area contributed by atoms with E-state index in [2.05, 4.69) is 21.7 Å². The summed E-state index contributed by atoms with van der Waals surface area (Å²) in [5.41, 5.74) is -0.551. The number of halogens is 1. The molecule has 0 spiro atoms. The van der Waals surface area contributed by atoms with Crippen molar-refractivity contribution in [1.29, 1.82) is 0 Å². The maximum atomic E-state index is 13.3. The number of rotatable bonds is 4. The van der Waals surface area contributed by atoms with Crippen molar-refractivity contribution in [3.05, 3.63) is 27.1 Å². The first-order valence-electron chi connectivity index (χ1n) is 5.44. The lowest BCUT2D eigenvalue weighted by Gasteiger charge is -2.15. The van der Waals surface area contributed by atoms with Crippen molar-refractivity contribution >= 4 is 20.8 Å². The predicted molar refractivity (Wildman–Crippen MR) is 66.3 cm³/mol. The number of ether oxygens (including phenoxy) is 1. The summed E-state index contributed by atoms with van der Waals surface area (Å²) in [6.45, 7) is 0.00920. The molecule has 2 rings (SSSR count). The molecule has 0 radical (unpaired) electrons. The van der Waals surface area contributed by atoms with Gasteiger partial charge in [0.05, 0.1) is 18.9 Å². The number of aromatic amines is 1.